The number of hydrogen-bond acceptors (Lipinski definition) is 5. The highest BCUT2D eigenvalue weighted by atomic mass is 32.2. The minimum atomic E-state index is -3.66. The Hall–Kier alpha value is -2.23. The summed E-state index contributed by atoms with van der Waals surface area (Å²) in [5, 5.41) is 9.08. The predicted octanol–water partition coefficient (Wildman–Crippen LogP) is 0.465. The van der Waals surface area contributed by atoms with E-state index >= 15 is 0 Å². The van der Waals surface area contributed by atoms with Crippen LogP contribution in [0.2, 0.25) is 0 Å². The number of carboxylic acid groups (broad SMARTS) is 1. The van der Waals surface area contributed by atoms with Crippen LogP contribution >= 0.6 is 0 Å². The van der Waals surface area contributed by atoms with Gasteiger partial charge in [-0.25, -0.2) is 17.9 Å². The van der Waals surface area contributed by atoms with Gasteiger partial charge in [0, 0.05) is 18.7 Å². The lowest BCUT2D eigenvalue weighted by Gasteiger charge is -2.35. The first-order valence-corrected chi connectivity index (χ1v) is 9.11. The maximum Gasteiger partial charge on any atom is 0.334 e. The SMILES string of the molecule is C=CCNS(=O)(=O)c1ccc(C(=O)N2CC(C(=O)O)O[C@H](C)C2)cc1. The summed E-state index contributed by atoms with van der Waals surface area (Å²) in [7, 11) is -3.66. The molecule has 1 aromatic rings. The van der Waals surface area contributed by atoms with Crippen LogP contribution in [0.25, 0.3) is 0 Å². The molecule has 25 heavy (non-hydrogen) atoms. The van der Waals surface area contributed by atoms with Crippen molar-refractivity contribution in [3.63, 3.8) is 0 Å². The van der Waals surface area contributed by atoms with Crippen molar-refractivity contribution in [1.29, 1.82) is 0 Å². The molecule has 1 aromatic carbocycles. The molecular weight excluding hydrogens is 348 g/mol. The smallest absolute Gasteiger partial charge is 0.334 e. The zero-order valence-electron chi connectivity index (χ0n) is 13.7. The number of carbonyl (C=O) groups is 2. The van der Waals surface area contributed by atoms with Gasteiger partial charge in [-0.05, 0) is 31.2 Å². The Kier molecular flexibility index (Phi) is 5.93. The minimum Gasteiger partial charge on any atom is -0.479 e. The van der Waals surface area contributed by atoms with Crippen LogP contribution in [0.15, 0.2) is 41.8 Å². The molecule has 0 radical (unpaired) electrons. The molecule has 0 saturated carbocycles. The van der Waals surface area contributed by atoms with Gasteiger partial charge in [-0.15, -0.1) is 6.58 Å². The van der Waals surface area contributed by atoms with Gasteiger partial charge in [0.25, 0.3) is 5.91 Å². The van der Waals surface area contributed by atoms with E-state index in [4.69, 9.17) is 9.84 Å². The second-order valence-electron chi connectivity index (χ2n) is 5.65. The van der Waals surface area contributed by atoms with Crippen molar-refractivity contribution >= 4 is 21.9 Å². The van der Waals surface area contributed by atoms with Crippen molar-refractivity contribution in [1.82, 2.24) is 9.62 Å². The Morgan fingerprint density at radius 2 is 2.00 bits per heavy atom. The Morgan fingerprint density at radius 3 is 2.56 bits per heavy atom. The molecule has 0 spiro atoms. The van der Waals surface area contributed by atoms with Gasteiger partial charge in [-0.3, -0.25) is 4.79 Å². The molecule has 0 aliphatic carbocycles. The largest absolute Gasteiger partial charge is 0.479 e. The van der Waals surface area contributed by atoms with Crippen molar-refractivity contribution < 1.29 is 27.9 Å². The average Bonchev–Trinajstić information content (AvgIpc) is 2.59. The normalized spacial score (nSPS) is 20.9. The quantitative estimate of drug-likeness (QED) is 0.706. The summed E-state index contributed by atoms with van der Waals surface area (Å²) >= 11 is 0. The van der Waals surface area contributed by atoms with Gasteiger partial charge in [0.15, 0.2) is 6.10 Å². The highest BCUT2D eigenvalue weighted by molar-refractivity contribution is 7.89. The highest BCUT2D eigenvalue weighted by Gasteiger charge is 2.33. The van der Waals surface area contributed by atoms with Gasteiger partial charge < -0.3 is 14.7 Å². The number of morpholine rings is 1. The summed E-state index contributed by atoms with van der Waals surface area (Å²) in [6, 6.07) is 5.47. The zero-order valence-corrected chi connectivity index (χ0v) is 14.5. The van der Waals surface area contributed by atoms with Crippen molar-refractivity contribution in [2.45, 2.75) is 24.0 Å². The highest BCUT2D eigenvalue weighted by Crippen LogP contribution is 2.17. The third kappa shape index (κ3) is 4.65. The first-order valence-electron chi connectivity index (χ1n) is 7.62. The summed E-state index contributed by atoms with van der Waals surface area (Å²) in [5.74, 6) is -1.50. The number of rotatable bonds is 6. The Balaban J connectivity index is 2.15. The number of amides is 1. The molecule has 1 aliphatic heterocycles. The van der Waals surface area contributed by atoms with E-state index in [1.165, 1.54) is 35.2 Å². The van der Waals surface area contributed by atoms with Gasteiger partial charge >= 0.3 is 5.97 Å². The van der Waals surface area contributed by atoms with Gasteiger partial charge in [0.1, 0.15) is 0 Å². The number of carbonyl (C=O) groups excluding carboxylic acids is 1. The molecule has 1 unspecified atom stereocenters. The summed E-state index contributed by atoms with van der Waals surface area (Å²) in [4.78, 5) is 25.1. The Labute approximate surface area is 146 Å². The van der Waals surface area contributed by atoms with Gasteiger partial charge in [0.05, 0.1) is 17.5 Å². The third-order valence-electron chi connectivity index (χ3n) is 3.65. The van der Waals surface area contributed by atoms with Crippen LogP contribution in [-0.4, -0.2) is 62.1 Å². The monoisotopic (exact) mass is 368 g/mol. The summed E-state index contributed by atoms with van der Waals surface area (Å²) in [5.41, 5.74) is 0.279. The van der Waals surface area contributed by atoms with Crippen LogP contribution in [-0.2, 0) is 19.6 Å². The number of hydrogen-bond donors (Lipinski definition) is 2. The maximum absolute atomic E-state index is 12.5. The predicted molar refractivity (Wildman–Crippen MR) is 89.7 cm³/mol. The van der Waals surface area contributed by atoms with Gasteiger partial charge in [0.2, 0.25) is 10.0 Å². The van der Waals surface area contributed by atoms with Crippen LogP contribution < -0.4 is 4.72 Å². The van der Waals surface area contributed by atoms with Crippen molar-refractivity contribution in [2.24, 2.45) is 0 Å². The van der Waals surface area contributed by atoms with E-state index < -0.39 is 28.2 Å². The lowest BCUT2D eigenvalue weighted by Crippen LogP contribution is -2.51. The molecule has 1 heterocycles. The standard InChI is InChI=1S/C16H20N2O6S/c1-3-8-17-25(22,23)13-6-4-12(5-7-13)15(19)18-9-11(2)24-14(10-18)16(20)21/h3-7,11,14,17H,1,8-10H2,2H3,(H,20,21)/t11-,14?/m1/s1. The van der Waals surface area contributed by atoms with Gasteiger partial charge in [-0.1, -0.05) is 6.08 Å². The van der Waals surface area contributed by atoms with E-state index in [1.54, 1.807) is 6.92 Å². The topological polar surface area (TPSA) is 113 Å². The lowest BCUT2D eigenvalue weighted by molar-refractivity contribution is -0.160. The number of ether oxygens (including phenoxy) is 1. The fourth-order valence-corrected chi connectivity index (χ4v) is 3.46. The molecule has 1 amide bonds. The first kappa shape index (κ1) is 19.1. The van der Waals surface area contributed by atoms with E-state index in [0.717, 1.165) is 0 Å². The first-order chi connectivity index (χ1) is 11.7. The molecule has 1 saturated heterocycles. The average molecular weight is 368 g/mol. The lowest BCUT2D eigenvalue weighted by atomic mass is 10.1. The molecule has 2 N–H and O–H groups in total. The number of nitrogens with zero attached hydrogens (tertiary/aromatic N) is 1. The Morgan fingerprint density at radius 1 is 1.36 bits per heavy atom. The number of nitrogens with one attached hydrogen (secondary N) is 1. The van der Waals surface area contributed by atoms with E-state index in [-0.39, 0.29) is 36.0 Å². The molecule has 8 nitrogen and oxygen atoms in total. The zero-order chi connectivity index (χ0) is 18.6. The van der Waals surface area contributed by atoms with Crippen molar-refractivity contribution in [3.05, 3.63) is 42.5 Å². The summed E-state index contributed by atoms with van der Waals surface area (Å²) < 4.78 is 31.6. The number of sulfonamides is 1. The fraction of sp³-hybridized carbons (Fsp3) is 0.375. The van der Waals surface area contributed by atoms with Crippen LogP contribution in [0.3, 0.4) is 0 Å². The molecular formula is C16H20N2O6S. The van der Waals surface area contributed by atoms with E-state index in [1.807, 2.05) is 0 Å². The number of benzene rings is 1. The van der Waals surface area contributed by atoms with E-state index in [0.29, 0.717) is 0 Å². The molecule has 1 fully saturated rings. The third-order valence-corrected chi connectivity index (χ3v) is 5.09. The Bertz CT molecular complexity index is 759. The number of carboxylic acids is 1. The van der Waals surface area contributed by atoms with Crippen LogP contribution in [0.5, 0.6) is 0 Å². The molecule has 1 aliphatic rings. The van der Waals surface area contributed by atoms with Crippen molar-refractivity contribution in [3.8, 4) is 0 Å². The summed E-state index contributed by atoms with van der Waals surface area (Å²) in [6.45, 7) is 5.45. The molecule has 136 valence electrons. The van der Waals surface area contributed by atoms with E-state index in [9.17, 15) is 18.0 Å². The molecule has 9 heteroatoms. The minimum absolute atomic E-state index is 0.0321. The van der Waals surface area contributed by atoms with Crippen LogP contribution in [0, 0.1) is 0 Å². The molecule has 2 rings (SSSR count). The molecule has 0 aromatic heterocycles. The summed E-state index contributed by atoms with van der Waals surface area (Å²) in [6.07, 6.45) is -0.0505. The molecule has 0 bridgehead atoms. The maximum atomic E-state index is 12.5. The van der Waals surface area contributed by atoms with Gasteiger partial charge in [-0.2, -0.15) is 0 Å². The number of aliphatic carboxylic acids is 1. The van der Waals surface area contributed by atoms with Crippen LogP contribution in [0.1, 0.15) is 17.3 Å². The molecule has 2 atom stereocenters. The van der Waals surface area contributed by atoms with E-state index in [2.05, 4.69) is 11.3 Å². The fourth-order valence-electron chi connectivity index (χ4n) is 2.46. The second-order valence-corrected chi connectivity index (χ2v) is 7.42. The van der Waals surface area contributed by atoms with Crippen molar-refractivity contribution in [2.75, 3.05) is 19.6 Å². The van der Waals surface area contributed by atoms with Crippen LogP contribution in [0.4, 0.5) is 0 Å². The second kappa shape index (κ2) is 7.77.